The standard InChI is InChI=1S/C14H11Cl2NO2/c1-17(10-3-5-11(18)6-4-10)14(19)9-2-7-12(15)13(16)8-9/h2-8,18H,1H3. The van der Waals surface area contributed by atoms with Crippen LogP contribution in [0.2, 0.25) is 10.0 Å². The molecule has 1 N–H and O–H groups in total. The molecule has 0 saturated carbocycles. The van der Waals surface area contributed by atoms with Crippen molar-refractivity contribution in [2.45, 2.75) is 0 Å². The van der Waals surface area contributed by atoms with Gasteiger partial charge >= 0.3 is 0 Å². The van der Waals surface area contributed by atoms with Gasteiger partial charge in [-0.25, -0.2) is 0 Å². The molecule has 0 heterocycles. The van der Waals surface area contributed by atoms with Crippen LogP contribution in [0.15, 0.2) is 42.5 Å². The molecule has 0 aromatic heterocycles. The Kier molecular flexibility index (Phi) is 3.98. The number of benzene rings is 2. The maximum Gasteiger partial charge on any atom is 0.258 e. The number of anilines is 1. The average Bonchev–Trinajstić information content (AvgIpc) is 2.41. The quantitative estimate of drug-likeness (QED) is 0.910. The van der Waals surface area contributed by atoms with Crippen LogP contribution in [0.25, 0.3) is 0 Å². The molecule has 0 saturated heterocycles. The zero-order valence-electron chi connectivity index (χ0n) is 10.1. The van der Waals surface area contributed by atoms with Crippen LogP contribution >= 0.6 is 23.2 Å². The molecule has 0 atom stereocenters. The molecule has 5 heteroatoms. The normalized spacial score (nSPS) is 10.3. The minimum absolute atomic E-state index is 0.152. The fourth-order valence-corrected chi connectivity index (χ4v) is 1.91. The van der Waals surface area contributed by atoms with Crippen LogP contribution in [0.1, 0.15) is 10.4 Å². The van der Waals surface area contributed by atoms with E-state index in [1.54, 1.807) is 31.3 Å². The Bertz CT molecular complexity index is 611. The lowest BCUT2D eigenvalue weighted by Gasteiger charge is -2.17. The summed E-state index contributed by atoms with van der Waals surface area (Å²) in [4.78, 5) is 13.7. The highest BCUT2D eigenvalue weighted by Gasteiger charge is 2.14. The van der Waals surface area contributed by atoms with E-state index in [9.17, 15) is 9.90 Å². The van der Waals surface area contributed by atoms with Crippen molar-refractivity contribution in [2.75, 3.05) is 11.9 Å². The second-order valence-electron chi connectivity index (χ2n) is 4.01. The van der Waals surface area contributed by atoms with Gasteiger partial charge in [0.05, 0.1) is 10.0 Å². The van der Waals surface area contributed by atoms with Crippen molar-refractivity contribution >= 4 is 34.8 Å². The van der Waals surface area contributed by atoms with Crippen molar-refractivity contribution in [2.24, 2.45) is 0 Å². The van der Waals surface area contributed by atoms with Crippen LogP contribution in [0.3, 0.4) is 0 Å². The number of phenolic OH excluding ortho intramolecular Hbond substituents is 1. The third-order valence-electron chi connectivity index (χ3n) is 2.71. The van der Waals surface area contributed by atoms with Crippen molar-refractivity contribution in [1.82, 2.24) is 0 Å². The van der Waals surface area contributed by atoms with E-state index in [0.29, 0.717) is 21.3 Å². The molecule has 0 radical (unpaired) electrons. The number of amides is 1. The third-order valence-corrected chi connectivity index (χ3v) is 3.45. The molecular formula is C14H11Cl2NO2. The van der Waals surface area contributed by atoms with Crippen LogP contribution in [0.4, 0.5) is 5.69 Å². The first-order chi connectivity index (χ1) is 8.99. The molecule has 0 aliphatic rings. The van der Waals surface area contributed by atoms with E-state index in [-0.39, 0.29) is 11.7 Å². The topological polar surface area (TPSA) is 40.5 Å². The third kappa shape index (κ3) is 3.00. The average molecular weight is 296 g/mol. The monoisotopic (exact) mass is 295 g/mol. The van der Waals surface area contributed by atoms with Gasteiger partial charge in [0.2, 0.25) is 0 Å². The summed E-state index contributed by atoms with van der Waals surface area (Å²) in [6.45, 7) is 0. The van der Waals surface area contributed by atoms with E-state index >= 15 is 0 Å². The number of rotatable bonds is 2. The number of aromatic hydroxyl groups is 1. The van der Waals surface area contributed by atoms with E-state index in [4.69, 9.17) is 23.2 Å². The van der Waals surface area contributed by atoms with Crippen LogP contribution < -0.4 is 4.90 Å². The van der Waals surface area contributed by atoms with Crippen molar-refractivity contribution in [3.05, 3.63) is 58.1 Å². The van der Waals surface area contributed by atoms with Gasteiger partial charge in [-0.2, -0.15) is 0 Å². The summed E-state index contributed by atoms with van der Waals surface area (Å²) in [7, 11) is 1.65. The van der Waals surface area contributed by atoms with Gasteiger partial charge < -0.3 is 10.0 Å². The van der Waals surface area contributed by atoms with Gasteiger partial charge in [0.15, 0.2) is 0 Å². The summed E-state index contributed by atoms with van der Waals surface area (Å²) in [6, 6.07) is 11.1. The lowest BCUT2D eigenvalue weighted by Crippen LogP contribution is -2.26. The van der Waals surface area contributed by atoms with Gasteiger partial charge in [-0.05, 0) is 42.5 Å². The summed E-state index contributed by atoms with van der Waals surface area (Å²) in [5.41, 5.74) is 1.12. The van der Waals surface area contributed by atoms with Gasteiger partial charge in [0, 0.05) is 18.3 Å². The highest BCUT2D eigenvalue weighted by Crippen LogP contribution is 2.24. The largest absolute Gasteiger partial charge is 0.508 e. The number of carbonyl (C=O) groups excluding carboxylic acids is 1. The van der Waals surface area contributed by atoms with Crippen LogP contribution in [0.5, 0.6) is 5.75 Å². The van der Waals surface area contributed by atoms with Crippen LogP contribution in [-0.4, -0.2) is 18.1 Å². The summed E-state index contributed by atoms with van der Waals surface area (Å²) in [6.07, 6.45) is 0. The zero-order chi connectivity index (χ0) is 14.0. The molecule has 3 nitrogen and oxygen atoms in total. The first kappa shape index (κ1) is 13.7. The predicted molar refractivity (Wildman–Crippen MR) is 77.3 cm³/mol. The molecule has 0 aliphatic heterocycles. The Hall–Kier alpha value is -1.71. The fourth-order valence-electron chi connectivity index (χ4n) is 1.62. The molecule has 1 amide bonds. The molecular weight excluding hydrogens is 285 g/mol. The highest BCUT2D eigenvalue weighted by atomic mass is 35.5. The zero-order valence-corrected chi connectivity index (χ0v) is 11.6. The first-order valence-electron chi connectivity index (χ1n) is 5.51. The predicted octanol–water partition coefficient (Wildman–Crippen LogP) is 3.98. The van der Waals surface area contributed by atoms with E-state index in [1.165, 1.54) is 23.1 Å². The van der Waals surface area contributed by atoms with Gasteiger partial charge in [-0.1, -0.05) is 23.2 Å². The molecule has 19 heavy (non-hydrogen) atoms. The SMILES string of the molecule is CN(C(=O)c1ccc(Cl)c(Cl)c1)c1ccc(O)cc1. The van der Waals surface area contributed by atoms with Gasteiger partial charge in [0.1, 0.15) is 5.75 Å². The maximum absolute atomic E-state index is 12.3. The molecule has 0 unspecified atom stereocenters. The molecule has 0 fully saturated rings. The number of carbonyl (C=O) groups is 1. The lowest BCUT2D eigenvalue weighted by atomic mass is 10.2. The summed E-state index contributed by atoms with van der Waals surface area (Å²) < 4.78 is 0. The number of hydrogen-bond donors (Lipinski definition) is 1. The Morgan fingerprint density at radius 1 is 1.05 bits per heavy atom. The van der Waals surface area contributed by atoms with Crippen LogP contribution in [-0.2, 0) is 0 Å². The Morgan fingerprint density at radius 3 is 2.26 bits per heavy atom. The van der Waals surface area contributed by atoms with Gasteiger partial charge in [0.25, 0.3) is 5.91 Å². The number of phenols is 1. The Balaban J connectivity index is 2.28. The van der Waals surface area contributed by atoms with Crippen molar-refractivity contribution in [3.63, 3.8) is 0 Å². The molecule has 0 bridgehead atoms. The minimum Gasteiger partial charge on any atom is -0.508 e. The maximum atomic E-state index is 12.3. The molecule has 2 aromatic rings. The van der Waals surface area contributed by atoms with E-state index in [0.717, 1.165) is 0 Å². The molecule has 0 spiro atoms. The molecule has 98 valence electrons. The van der Waals surface area contributed by atoms with Crippen molar-refractivity contribution in [1.29, 1.82) is 0 Å². The number of nitrogens with zero attached hydrogens (tertiary/aromatic N) is 1. The number of halogens is 2. The summed E-state index contributed by atoms with van der Waals surface area (Å²) >= 11 is 11.7. The second kappa shape index (κ2) is 5.51. The van der Waals surface area contributed by atoms with Crippen molar-refractivity contribution in [3.8, 4) is 5.75 Å². The first-order valence-corrected chi connectivity index (χ1v) is 6.27. The van der Waals surface area contributed by atoms with E-state index in [2.05, 4.69) is 0 Å². The van der Waals surface area contributed by atoms with Crippen molar-refractivity contribution < 1.29 is 9.90 Å². The second-order valence-corrected chi connectivity index (χ2v) is 4.82. The minimum atomic E-state index is -0.204. The van der Waals surface area contributed by atoms with E-state index < -0.39 is 0 Å². The molecule has 2 aromatic carbocycles. The highest BCUT2D eigenvalue weighted by molar-refractivity contribution is 6.42. The van der Waals surface area contributed by atoms with Crippen LogP contribution in [0, 0.1) is 0 Å². The Labute approximate surface area is 121 Å². The molecule has 0 aliphatic carbocycles. The summed E-state index contributed by atoms with van der Waals surface area (Å²) in [5, 5.41) is 9.97. The Morgan fingerprint density at radius 2 is 1.68 bits per heavy atom. The smallest absolute Gasteiger partial charge is 0.258 e. The summed E-state index contributed by atoms with van der Waals surface area (Å²) in [5.74, 6) is -0.0524. The van der Waals surface area contributed by atoms with E-state index in [1.807, 2.05) is 0 Å². The van der Waals surface area contributed by atoms with Gasteiger partial charge in [-0.15, -0.1) is 0 Å². The van der Waals surface area contributed by atoms with Gasteiger partial charge in [-0.3, -0.25) is 4.79 Å². The fraction of sp³-hybridized carbons (Fsp3) is 0.0714. The lowest BCUT2D eigenvalue weighted by molar-refractivity contribution is 0.0993. The number of hydrogen-bond acceptors (Lipinski definition) is 2. The molecule has 2 rings (SSSR count).